The van der Waals surface area contributed by atoms with E-state index in [-0.39, 0.29) is 11.8 Å². The minimum atomic E-state index is -0.267. The lowest BCUT2D eigenvalue weighted by atomic mass is 10.1. The zero-order chi connectivity index (χ0) is 19.4. The van der Waals surface area contributed by atoms with Gasteiger partial charge in [-0.25, -0.2) is 0 Å². The molecule has 0 atom stereocenters. The minimum absolute atomic E-state index is 0.0199. The van der Waals surface area contributed by atoms with E-state index in [9.17, 15) is 9.59 Å². The maximum atomic E-state index is 12.8. The molecule has 1 aliphatic rings. The molecule has 2 heterocycles. The van der Waals surface area contributed by atoms with Crippen molar-refractivity contribution < 1.29 is 9.59 Å². The van der Waals surface area contributed by atoms with Gasteiger partial charge in [-0.3, -0.25) is 14.3 Å². The fourth-order valence-electron chi connectivity index (χ4n) is 3.41. The lowest BCUT2D eigenvalue weighted by Crippen LogP contribution is -2.36. The summed E-state index contributed by atoms with van der Waals surface area (Å²) in [5.74, 6) is -0.287. The van der Waals surface area contributed by atoms with E-state index < -0.39 is 0 Å². The van der Waals surface area contributed by atoms with Crippen LogP contribution in [0.2, 0.25) is 0 Å². The Morgan fingerprint density at radius 2 is 1.81 bits per heavy atom. The third kappa shape index (κ3) is 4.27. The topological polar surface area (TPSA) is 67.2 Å². The van der Waals surface area contributed by atoms with Gasteiger partial charge in [0, 0.05) is 37.5 Å². The zero-order valence-electron chi connectivity index (χ0n) is 16.2. The largest absolute Gasteiger partial charge is 0.339 e. The Bertz CT molecular complexity index is 876. The molecule has 3 rings (SSSR count). The number of anilines is 1. The van der Waals surface area contributed by atoms with Crippen LogP contribution >= 0.6 is 0 Å². The van der Waals surface area contributed by atoms with Gasteiger partial charge in [-0.1, -0.05) is 12.1 Å². The predicted octanol–water partition coefficient (Wildman–Crippen LogP) is 3.31. The Labute approximate surface area is 159 Å². The van der Waals surface area contributed by atoms with Gasteiger partial charge < -0.3 is 10.2 Å². The maximum Gasteiger partial charge on any atom is 0.255 e. The molecule has 0 unspecified atom stereocenters. The normalized spacial score (nSPS) is 14.6. The van der Waals surface area contributed by atoms with Crippen LogP contribution in [0.15, 0.2) is 30.3 Å². The number of carbonyl (C=O) groups excluding carboxylic acids is 2. The first kappa shape index (κ1) is 18.9. The highest BCUT2D eigenvalue weighted by Gasteiger charge is 2.21. The molecular weight excluding hydrogens is 340 g/mol. The maximum absolute atomic E-state index is 12.8. The molecule has 0 radical (unpaired) electrons. The van der Waals surface area contributed by atoms with E-state index in [1.165, 1.54) is 12.5 Å². The van der Waals surface area contributed by atoms with Gasteiger partial charge in [0.2, 0.25) is 5.91 Å². The summed E-state index contributed by atoms with van der Waals surface area (Å²) < 4.78 is 1.79. The van der Waals surface area contributed by atoms with Gasteiger partial charge in [-0.2, -0.15) is 5.10 Å². The van der Waals surface area contributed by atoms with E-state index in [4.69, 9.17) is 0 Å². The summed E-state index contributed by atoms with van der Waals surface area (Å²) in [5, 5.41) is 7.19. The van der Waals surface area contributed by atoms with Gasteiger partial charge in [-0.05, 0) is 51.3 Å². The smallest absolute Gasteiger partial charge is 0.255 e. The van der Waals surface area contributed by atoms with E-state index in [2.05, 4.69) is 10.4 Å². The van der Waals surface area contributed by atoms with Crippen molar-refractivity contribution in [3.05, 3.63) is 52.9 Å². The average molecular weight is 366 g/mol. The van der Waals surface area contributed by atoms with Gasteiger partial charge in [0.1, 0.15) is 0 Å². The van der Waals surface area contributed by atoms with Gasteiger partial charge in [0.15, 0.2) is 0 Å². The number of para-hydroxylation sites is 1. The molecule has 6 heteroatoms. The summed E-state index contributed by atoms with van der Waals surface area (Å²) in [6.45, 7) is 5.43. The SMILES string of the molecule is Cc1nn(C)c(C)c1/C=C/C(=O)Nc1ccccc1C(=O)N1CCCCC1. The second-order valence-electron chi connectivity index (χ2n) is 6.93. The molecule has 0 saturated carbocycles. The Kier molecular flexibility index (Phi) is 5.74. The summed E-state index contributed by atoms with van der Waals surface area (Å²) in [4.78, 5) is 27.1. The molecule has 2 aromatic rings. The van der Waals surface area contributed by atoms with E-state index in [0.717, 1.165) is 42.9 Å². The van der Waals surface area contributed by atoms with Crippen molar-refractivity contribution in [2.75, 3.05) is 18.4 Å². The molecule has 1 aromatic heterocycles. The van der Waals surface area contributed by atoms with Crippen molar-refractivity contribution in [1.29, 1.82) is 0 Å². The molecule has 1 aromatic carbocycles. The molecule has 1 saturated heterocycles. The van der Waals surface area contributed by atoms with Crippen LogP contribution in [0.3, 0.4) is 0 Å². The highest BCUT2D eigenvalue weighted by atomic mass is 16.2. The lowest BCUT2D eigenvalue weighted by molar-refractivity contribution is -0.111. The standard InChI is InChI=1S/C21H26N4O2/c1-15-17(16(2)24(3)23-15)11-12-20(26)22-19-10-6-5-9-18(19)21(27)25-13-7-4-8-14-25/h5-6,9-12H,4,7-8,13-14H2,1-3H3,(H,22,26)/b12-11+. The monoisotopic (exact) mass is 366 g/mol. The summed E-state index contributed by atoms with van der Waals surface area (Å²) in [7, 11) is 1.88. The molecule has 0 spiro atoms. The Morgan fingerprint density at radius 1 is 1.11 bits per heavy atom. The molecule has 2 amide bonds. The first-order valence-electron chi connectivity index (χ1n) is 9.35. The summed E-state index contributed by atoms with van der Waals surface area (Å²) in [6.07, 6.45) is 6.49. The van der Waals surface area contributed by atoms with Crippen LogP contribution in [0.25, 0.3) is 6.08 Å². The molecule has 27 heavy (non-hydrogen) atoms. The summed E-state index contributed by atoms with van der Waals surface area (Å²) in [5.41, 5.74) is 3.89. The number of rotatable bonds is 4. The van der Waals surface area contributed by atoms with Crippen molar-refractivity contribution in [2.24, 2.45) is 7.05 Å². The molecule has 0 aliphatic carbocycles. The Balaban J connectivity index is 1.74. The van der Waals surface area contributed by atoms with Crippen molar-refractivity contribution in [1.82, 2.24) is 14.7 Å². The van der Waals surface area contributed by atoms with E-state index in [1.807, 2.05) is 37.9 Å². The summed E-state index contributed by atoms with van der Waals surface area (Å²) in [6, 6.07) is 7.18. The fourth-order valence-corrected chi connectivity index (χ4v) is 3.41. The van der Waals surface area contributed by atoms with Crippen LogP contribution in [0.4, 0.5) is 5.69 Å². The number of aromatic nitrogens is 2. The van der Waals surface area contributed by atoms with Crippen LogP contribution in [0.5, 0.6) is 0 Å². The van der Waals surface area contributed by atoms with Crippen LogP contribution in [-0.2, 0) is 11.8 Å². The number of carbonyl (C=O) groups is 2. The van der Waals surface area contributed by atoms with Crippen LogP contribution in [-0.4, -0.2) is 39.6 Å². The molecule has 142 valence electrons. The number of hydrogen-bond donors (Lipinski definition) is 1. The van der Waals surface area contributed by atoms with Crippen molar-refractivity contribution in [2.45, 2.75) is 33.1 Å². The third-order valence-electron chi connectivity index (χ3n) is 5.02. The number of nitrogens with one attached hydrogen (secondary N) is 1. The molecule has 0 bridgehead atoms. The Hall–Kier alpha value is -2.89. The number of likely N-dealkylation sites (tertiary alicyclic amines) is 1. The first-order valence-corrected chi connectivity index (χ1v) is 9.35. The van der Waals surface area contributed by atoms with Crippen molar-refractivity contribution in [3.8, 4) is 0 Å². The zero-order valence-corrected chi connectivity index (χ0v) is 16.2. The molecule has 1 N–H and O–H groups in total. The van der Waals surface area contributed by atoms with Gasteiger partial charge in [0.05, 0.1) is 16.9 Å². The average Bonchev–Trinajstić information content (AvgIpc) is 2.92. The highest BCUT2D eigenvalue weighted by molar-refractivity contribution is 6.07. The molecule has 1 aliphatic heterocycles. The lowest BCUT2D eigenvalue weighted by Gasteiger charge is -2.27. The van der Waals surface area contributed by atoms with E-state index in [0.29, 0.717) is 11.3 Å². The quantitative estimate of drug-likeness (QED) is 0.844. The first-order chi connectivity index (χ1) is 13.0. The van der Waals surface area contributed by atoms with Gasteiger partial charge in [-0.15, -0.1) is 0 Å². The number of nitrogens with zero attached hydrogens (tertiary/aromatic N) is 3. The molecule has 1 fully saturated rings. The second-order valence-corrected chi connectivity index (χ2v) is 6.93. The Morgan fingerprint density at radius 3 is 2.48 bits per heavy atom. The van der Waals surface area contributed by atoms with Crippen LogP contribution < -0.4 is 5.32 Å². The predicted molar refractivity (Wildman–Crippen MR) is 107 cm³/mol. The van der Waals surface area contributed by atoms with E-state index in [1.54, 1.807) is 22.9 Å². The fraction of sp³-hybridized carbons (Fsp3) is 0.381. The number of amides is 2. The summed E-state index contributed by atoms with van der Waals surface area (Å²) >= 11 is 0. The molecule has 6 nitrogen and oxygen atoms in total. The second kappa shape index (κ2) is 8.20. The van der Waals surface area contributed by atoms with Crippen LogP contribution in [0.1, 0.15) is 46.6 Å². The van der Waals surface area contributed by atoms with E-state index >= 15 is 0 Å². The van der Waals surface area contributed by atoms with Crippen molar-refractivity contribution >= 4 is 23.6 Å². The number of aryl methyl sites for hydroxylation is 2. The number of piperidine rings is 1. The minimum Gasteiger partial charge on any atom is -0.339 e. The third-order valence-corrected chi connectivity index (χ3v) is 5.02. The van der Waals surface area contributed by atoms with Crippen molar-refractivity contribution in [3.63, 3.8) is 0 Å². The molecular formula is C21H26N4O2. The number of hydrogen-bond acceptors (Lipinski definition) is 3. The van der Waals surface area contributed by atoms with Gasteiger partial charge >= 0.3 is 0 Å². The number of benzene rings is 1. The highest BCUT2D eigenvalue weighted by Crippen LogP contribution is 2.20. The van der Waals surface area contributed by atoms with Crippen LogP contribution in [0, 0.1) is 13.8 Å². The van der Waals surface area contributed by atoms with Gasteiger partial charge in [0.25, 0.3) is 5.91 Å².